The third-order valence-electron chi connectivity index (χ3n) is 4.11. The van der Waals surface area contributed by atoms with E-state index in [0.717, 1.165) is 19.3 Å². The Bertz CT molecular complexity index is 624. The summed E-state index contributed by atoms with van der Waals surface area (Å²) in [5.74, 6) is -1.25. The fraction of sp³-hybridized carbons (Fsp3) is 0.600. The molecule has 23 heavy (non-hydrogen) atoms. The molecule has 0 fully saturated rings. The van der Waals surface area contributed by atoms with Crippen LogP contribution in [0.3, 0.4) is 0 Å². The van der Waals surface area contributed by atoms with Gasteiger partial charge in [-0.15, -0.1) is 0 Å². The van der Waals surface area contributed by atoms with Gasteiger partial charge in [-0.3, -0.25) is 4.68 Å². The number of aliphatic hydroxyl groups is 1. The van der Waals surface area contributed by atoms with Gasteiger partial charge in [0.15, 0.2) is 11.0 Å². The van der Waals surface area contributed by atoms with Crippen molar-refractivity contribution >= 4 is 11.6 Å². The van der Waals surface area contributed by atoms with Crippen LogP contribution in [0, 0.1) is 5.82 Å². The van der Waals surface area contributed by atoms with Gasteiger partial charge in [0, 0.05) is 5.92 Å². The third-order valence-corrected chi connectivity index (χ3v) is 4.37. The van der Waals surface area contributed by atoms with Gasteiger partial charge in [-0.25, -0.2) is 19.3 Å². The molecule has 2 rings (SSSR count). The Morgan fingerprint density at radius 1 is 1.35 bits per heavy atom. The molecular weight excluding hydrogens is 321 g/mol. The molecule has 0 aliphatic rings. The van der Waals surface area contributed by atoms with Gasteiger partial charge < -0.3 is 5.11 Å². The molecule has 0 amide bonds. The number of halogens is 2. The molecule has 8 heteroatoms. The molecule has 0 bridgehead atoms. The second-order valence-electron chi connectivity index (χ2n) is 5.74. The van der Waals surface area contributed by atoms with Crippen LogP contribution in [0.5, 0.6) is 0 Å². The minimum Gasteiger partial charge on any atom is -0.387 e. The Morgan fingerprint density at radius 2 is 2.13 bits per heavy atom. The molecule has 0 saturated heterocycles. The minimum atomic E-state index is -1.21. The number of nitrogens with zero attached hydrogens (tertiary/aromatic N) is 5. The lowest BCUT2D eigenvalue weighted by Gasteiger charge is -2.34. The maximum atomic E-state index is 14.2. The van der Waals surface area contributed by atoms with E-state index in [1.165, 1.54) is 19.0 Å². The standard InChI is InChI=1S/C15H21ClFN5O/c1-3-4-5-6-15(23,7-22-10-18-8-21-22)11(2)13-12(17)14(16)20-9-19-13/h8-11,23H,3-7H2,1-2H3. The highest BCUT2D eigenvalue weighted by atomic mass is 35.5. The van der Waals surface area contributed by atoms with Crippen molar-refractivity contribution in [3.8, 4) is 0 Å². The molecule has 1 N–H and O–H groups in total. The predicted molar refractivity (Wildman–Crippen MR) is 84.5 cm³/mol. The maximum absolute atomic E-state index is 14.2. The third kappa shape index (κ3) is 4.23. The van der Waals surface area contributed by atoms with Gasteiger partial charge in [0.1, 0.15) is 19.0 Å². The molecule has 0 spiro atoms. The molecular formula is C15H21ClFN5O. The van der Waals surface area contributed by atoms with Crippen molar-refractivity contribution in [2.24, 2.45) is 0 Å². The van der Waals surface area contributed by atoms with E-state index in [2.05, 4.69) is 27.0 Å². The number of hydrogen-bond donors (Lipinski definition) is 1. The first-order chi connectivity index (χ1) is 11.0. The highest BCUT2D eigenvalue weighted by Gasteiger charge is 2.38. The van der Waals surface area contributed by atoms with Crippen LogP contribution in [0.25, 0.3) is 0 Å². The Balaban J connectivity index is 2.29. The Morgan fingerprint density at radius 3 is 2.78 bits per heavy atom. The second-order valence-corrected chi connectivity index (χ2v) is 6.10. The van der Waals surface area contributed by atoms with Gasteiger partial charge in [0.2, 0.25) is 0 Å². The fourth-order valence-corrected chi connectivity index (χ4v) is 2.77. The summed E-state index contributed by atoms with van der Waals surface area (Å²) < 4.78 is 15.8. The molecule has 2 atom stereocenters. The minimum absolute atomic E-state index is 0.115. The predicted octanol–water partition coefficient (Wildman–Crippen LogP) is 2.98. The van der Waals surface area contributed by atoms with Crippen LogP contribution in [0.4, 0.5) is 4.39 Å². The van der Waals surface area contributed by atoms with Crippen LogP contribution in [0.15, 0.2) is 19.0 Å². The maximum Gasteiger partial charge on any atom is 0.182 e. The zero-order valence-electron chi connectivity index (χ0n) is 13.3. The lowest BCUT2D eigenvalue weighted by Crippen LogP contribution is -2.40. The summed E-state index contributed by atoms with van der Waals surface area (Å²) in [6.45, 7) is 4.04. The zero-order valence-corrected chi connectivity index (χ0v) is 14.0. The lowest BCUT2D eigenvalue weighted by molar-refractivity contribution is -0.0149. The van der Waals surface area contributed by atoms with Crippen LogP contribution in [-0.2, 0) is 6.54 Å². The molecule has 126 valence electrons. The van der Waals surface area contributed by atoms with E-state index in [-0.39, 0.29) is 17.4 Å². The van der Waals surface area contributed by atoms with Crippen molar-refractivity contribution in [2.45, 2.75) is 57.6 Å². The van der Waals surface area contributed by atoms with E-state index in [1.54, 1.807) is 11.6 Å². The largest absolute Gasteiger partial charge is 0.387 e. The number of unbranched alkanes of at least 4 members (excludes halogenated alkanes) is 2. The zero-order chi connectivity index (χ0) is 16.9. The van der Waals surface area contributed by atoms with Crippen LogP contribution in [0.1, 0.15) is 51.1 Å². The normalized spacial score (nSPS) is 15.3. The van der Waals surface area contributed by atoms with Crippen molar-refractivity contribution in [3.05, 3.63) is 35.6 Å². The highest BCUT2D eigenvalue weighted by molar-refractivity contribution is 6.29. The van der Waals surface area contributed by atoms with Gasteiger partial charge in [0.25, 0.3) is 0 Å². The molecule has 0 aliphatic heterocycles. The van der Waals surface area contributed by atoms with Crippen molar-refractivity contribution in [2.75, 3.05) is 0 Å². The molecule has 2 heterocycles. The summed E-state index contributed by atoms with van der Waals surface area (Å²) in [5, 5.41) is 15.0. The highest BCUT2D eigenvalue weighted by Crippen LogP contribution is 2.35. The molecule has 6 nitrogen and oxygen atoms in total. The number of aromatic nitrogens is 5. The van der Waals surface area contributed by atoms with Crippen molar-refractivity contribution < 1.29 is 9.50 Å². The summed E-state index contributed by atoms with van der Waals surface area (Å²) in [6.07, 6.45) is 7.48. The molecule has 0 radical (unpaired) electrons. The van der Waals surface area contributed by atoms with Gasteiger partial charge >= 0.3 is 0 Å². The average molecular weight is 342 g/mol. The molecule has 0 aromatic carbocycles. The summed E-state index contributed by atoms with van der Waals surface area (Å²) in [7, 11) is 0. The molecule has 0 saturated carbocycles. The van der Waals surface area contributed by atoms with E-state index in [0.29, 0.717) is 6.42 Å². The van der Waals surface area contributed by atoms with E-state index in [4.69, 9.17) is 11.6 Å². The molecule has 2 aromatic rings. The Labute approximate surface area is 139 Å². The van der Waals surface area contributed by atoms with Crippen molar-refractivity contribution in [1.82, 2.24) is 24.7 Å². The first-order valence-electron chi connectivity index (χ1n) is 7.68. The average Bonchev–Trinajstić information content (AvgIpc) is 3.02. The van der Waals surface area contributed by atoms with Gasteiger partial charge in [0.05, 0.1) is 17.8 Å². The van der Waals surface area contributed by atoms with Gasteiger partial charge in [-0.2, -0.15) is 5.10 Å². The van der Waals surface area contributed by atoms with Crippen LogP contribution in [0.2, 0.25) is 5.15 Å². The summed E-state index contributed by atoms with van der Waals surface area (Å²) in [5.41, 5.74) is -1.09. The number of hydrogen-bond acceptors (Lipinski definition) is 5. The second kappa shape index (κ2) is 7.79. The monoisotopic (exact) mass is 341 g/mol. The Kier molecular flexibility index (Phi) is 6.01. The quantitative estimate of drug-likeness (QED) is 0.590. The van der Waals surface area contributed by atoms with Crippen molar-refractivity contribution in [1.29, 1.82) is 0 Å². The van der Waals surface area contributed by atoms with Crippen LogP contribution >= 0.6 is 11.6 Å². The molecule has 2 unspecified atom stereocenters. The number of rotatable bonds is 8. The van der Waals surface area contributed by atoms with E-state index < -0.39 is 17.3 Å². The van der Waals surface area contributed by atoms with Gasteiger partial charge in [-0.05, 0) is 6.42 Å². The van der Waals surface area contributed by atoms with Crippen LogP contribution < -0.4 is 0 Å². The fourth-order valence-electron chi connectivity index (χ4n) is 2.63. The molecule has 0 aliphatic carbocycles. The SMILES string of the molecule is CCCCCC(O)(Cn1cncn1)C(C)c1ncnc(Cl)c1F. The lowest BCUT2D eigenvalue weighted by atomic mass is 9.81. The summed E-state index contributed by atoms with van der Waals surface area (Å²) in [6, 6.07) is 0. The van der Waals surface area contributed by atoms with Crippen molar-refractivity contribution in [3.63, 3.8) is 0 Å². The van der Waals surface area contributed by atoms with E-state index in [1.807, 2.05) is 0 Å². The topological polar surface area (TPSA) is 76.7 Å². The first kappa shape index (κ1) is 17.7. The van der Waals surface area contributed by atoms with E-state index in [9.17, 15) is 9.50 Å². The summed E-state index contributed by atoms with van der Waals surface area (Å²) >= 11 is 5.74. The summed E-state index contributed by atoms with van der Waals surface area (Å²) in [4.78, 5) is 11.5. The van der Waals surface area contributed by atoms with E-state index >= 15 is 0 Å². The van der Waals surface area contributed by atoms with Crippen LogP contribution in [-0.4, -0.2) is 35.4 Å². The smallest absolute Gasteiger partial charge is 0.182 e. The molecule has 2 aromatic heterocycles. The Hall–Kier alpha value is -1.60. The first-order valence-corrected chi connectivity index (χ1v) is 8.06. The van der Waals surface area contributed by atoms with Gasteiger partial charge in [-0.1, -0.05) is 44.7 Å².